The van der Waals surface area contributed by atoms with E-state index >= 15 is 0 Å². The van der Waals surface area contributed by atoms with Gasteiger partial charge in [0, 0.05) is 24.5 Å². The Balaban J connectivity index is 1.57. The molecule has 1 atom stereocenters. The number of nitrogens with one attached hydrogen (secondary N) is 2. The molecule has 1 heterocycles. The van der Waals surface area contributed by atoms with Crippen LogP contribution in [0.4, 0.5) is 15.8 Å². The molecular formula is C19H22FN3S. The zero-order valence-electron chi connectivity index (χ0n) is 13.8. The highest BCUT2D eigenvalue weighted by Gasteiger charge is 2.13. The molecule has 2 aromatic carbocycles. The van der Waals surface area contributed by atoms with Crippen molar-refractivity contribution in [2.45, 2.75) is 25.8 Å². The lowest BCUT2D eigenvalue weighted by molar-refractivity contribution is 0.628. The summed E-state index contributed by atoms with van der Waals surface area (Å²) in [5, 5.41) is 6.73. The minimum absolute atomic E-state index is 0.0752. The first-order valence-corrected chi connectivity index (χ1v) is 8.70. The first-order valence-electron chi connectivity index (χ1n) is 8.30. The van der Waals surface area contributed by atoms with Crippen molar-refractivity contribution in [3.05, 3.63) is 59.9 Å². The molecule has 0 bridgehead atoms. The summed E-state index contributed by atoms with van der Waals surface area (Å²) in [6.45, 7) is 4.36. The van der Waals surface area contributed by atoms with Gasteiger partial charge in [0.05, 0.1) is 6.04 Å². The van der Waals surface area contributed by atoms with Gasteiger partial charge in [0.15, 0.2) is 5.11 Å². The van der Waals surface area contributed by atoms with Crippen LogP contribution in [-0.2, 0) is 0 Å². The normalized spacial score (nSPS) is 15.2. The molecular weight excluding hydrogens is 321 g/mol. The van der Waals surface area contributed by atoms with E-state index in [0.29, 0.717) is 10.8 Å². The molecule has 0 unspecified atom stereocenters. The van der Waals surface area contributed by atoms with Gasteiger partial charge in [-0.3, -0.25) is 0 Å². The standard InChI is InChI=1S/C19H22FN3S/c1-14(21-19(24)22-17-6-4-5-16(20)13-17)15-7-9-18(10-8-15)23-11-2-3-12-23/h4-10,13-14H,2-3,11-12H2,1H3,(H2,21,22,24)/t14-/m1/s1. The molecule has 1 saturated heterocycles. The van der Waals surface area contributed by atoms with E-state index in [0.717, 1.165) is 13.1 Å². The number of nitrogens with zero attached hydrogens (tertiary/aromatic N) is 1. The van der Waals surface area contributed by atoms with E-state index in [-0.39, 0.29) is 11.9 Å². The van der Waals surface area contributed by atoms with Gasteiger partial charge < -0.3 is 15.5 Å². The summed E-state index contributed by atoms with van der Waals surface area (Å²) < 4.78 is 13.2. The van der Waals surface area contributed by atoms with Crippen molar-refractivity contribution in [1.29, 1.82) is 0 Å². The Labute approximate surface area is 147 Å². The van der Waals surface area contributed by atoms with E-state index in [1.807, 2.05) is 0 Å². The summed E-state index contributed by atoms with van der Waals surface area (Å²) in [4.78, 5) is 2.41. The zero-order valence-corrected chi connectivity index (χ0v) is 14.6. The molecule has 3 nitrogen and oxygen atoms in total. The van der Waals surface area contributed by atoms with Crippen LogP contribution in [0.3, 0.4) is 0 Å². The molecule has 5 heteroatoms. The fourth-order valence-corrected chi connectivity index (χ4v) is 3.26. The van der Waals surface area contributed by atoms with E-state index in [2.05, 4.69) is 46.7 Å². The van der Waals surface area contributed by atoms with Gasteiger partial charge in [-0.25, -0.2) is 4.39 Å². The van der Waals surface area contributed by atoms with Crippen LogP contribution in [0.25, 0.3) is 0 Å². The van der Waals surface area contributed by atoms with Gasteiger partial charge in [-0.2, -0.15) is 0 Å². The molecule has 0 aromatic heterocycles. The smallest absolute Gasteiger partial charge is 0.171 e. The Morgan fingerprint density at radius 3 is 2.50 bits per heavy atom. The van der Waals surface area contributed by atoms with Crippen molar-refractivity contribution in [1.82, 2.24) is 5.32 Å². The molecule has 24 heavy (non-hydrogen) atoms. The van der Waals surface area contributed by atoms with Gasteiger partial charge in [0.1, 0.15) is 5.82 Å². The molecule has 0 amide bonds. The number of rotatable bonds is 4. The maximum absolute atomic E-state index is 13.2. The summed E-state index contributed by atoms with van der Waals surface area (Å²) in [5.74, 6) is -0.284. The number of anilines is 2. The fraction of sp³-hybridized carbons (Fsp3) is 0.316. The average molecular weight is 343 g/mol. The first kappa shape index (κ1) is 16.7. The molecule has 0 spiro atoms. The highest BCUT2D eigenvalue weighted by molar-refractivity contribution is 7.80. The van der Waals surface area contributed by atoms with Crippen molar-refractivity contribution >= 4 is 28.7 Å². The Morgan fingerprint density at radius 1 is 1.12 bits per heavy atom. The number of thiocarbonyl (C=S) groups is 1. The van der Waals surface area contributed by atoms with Crippen LogP contribution in [0.1, 0.15) is 31.4 Å². The minimum atomic E-state index is -0.284. The summed E-state index contributed by atoms with van der Waals surface area (Å²) in [6.07, 6.45) is 2.56. The predicted octanol–water partition coefficient (Wildman–Crippen LogP) is 4.47. The lowest BCUT2D eigenvalue weighted by atomic mass is 10.1. The third kappa shape index (κ3) is 4.23. The summed E-state index contributed by atoms with van der Waals surface area (Å²) in [6, 6.07) is 14.9. The molecule has 0 aliphatic carbocycles. The predicted molar refractivity (Wildman–Crippen MR) is 102 cm³/mol. The number of hydrogen-bond acceptors (Lipinski definition) is 2. The fourth-order valence-electron chi connectivity index (χ4n) is 2.96. The summed E-state index contributed by atoms with van der Waals surface area (Å²) in [5.41, 5.74) is 3.09. The molecule has 126 valence electrons. The Bertz CT molecular complexity index is 696. The topological polar surface area (TPSA) is 27.3 Å². The van der Waals surface area contributed by atoms with E-state index in [9.17, 15) is 4.39 Å². The highest BCUT2D eigenvalue weighted by atomic mass is 32.1. The second-order valence-electron chi connectivity index (χ2n) is 6.12. The highest BCUT2D eigenvalue weighted by Crippen LogP contribution is 2.22. The van der Waals surface area contributed by atoms with Gasteiger partial charge >= 0.3 is 0 Å². The maximum atomic E-state index is 13.2. The van der Waals surface area contributed by atoms with Crippen molar-refractivity contribution in [3.8, 4) is 0 Å². The van der Waals surface area contributed by atoms with E-state index in [1.165, 1.54) is 36.2 Å². The van der Waals surface area contributed by atoms with Crippen LogP contribution in [0.2, 0.25) is 0 Å². The monoisotopic (exact) mass is 343 g/mol. The van der Waals surface area contributed by atoms with Gasteiger partial charge in [-0.05, 0) is 67.9 Å². The molecule has 0 radical (unpaired) electrons. The lowest BCUT2D eigenvalue weighted by Gasteiger charge is -2.20. The maximum Gasteiger partial charge on any atom is 0.171 e. The summed E-state index contributed by atoms with van der Waals surface area (Å²) in [7, 11) is 0. The van der Waals surface area contributed by atoms with Gasteiger partial charge in [-0.15, -0.1) is 0 Å². The van der Waals surface area contributed by atoms with Crippen LogP contribution in [-0.4, -0.2) is 18.2 Å². The molecule has 2 N–H and O–H groups in total. The van der Waals surface area contributed by atoms with Gasteiger partial charge in [0.25, 0.3) is 0 Å². The van der Waals surface area contributed by atoms with Crippen LogP contribution in [0, 0.1) is 5.82 Å². The third-order valence-electron chi connectivity index (χ3n) is 4.29. The second-order valence-corrected chi connectivity index (χ2v) is 6.52. The Hall–Kier alpha value is -2.14. The van der Waals surface area contributed by atoms with E-state index < -0.39 is 0 Å². The Morgan fingerprint density at radius 2 is 1.83 bits per heavy atom. The summed E-state index contributed by atoms with van der Waals surface area (Å²) >= 11 is 5.32. The van der Waals surface area contributed by atoms with Crippen LogP contribution in [0.15, 0.2) is 48.5 Å². The van der Waals surface area contributed by atoms with Crippen LogP contribution < -0.4 is 15.5 Å². The van der Waals surface area contributed by atoms with Crippen molar-refractivity contribution in [2.24, 2.45) is 0 Å². The largest absolute Gasteiger partial charge is 0.372 e. The molecule has 1 aliphatic rings. The van der Waals surface area contributed by atoms with Gasteiger partial charge in [0.2, 0.25) is 0 Å². The van der Waals surface area contributed by atoms with E-state index in [4.69, 9.17) is 12.2 Å². The number of benzene rings is 2. The molecule has 0 saturated carbocycles. The SMILES string of the molecule is C[C@@H](NC(=S)Nc1cccc(F)c1)c1ccc(N2CCCC2)cc1. The third-order valence-corrected chi connectivity index (χ3v) is 4.51. The number of halogens is 1. The van der Waals surface area contributed by atoms with Crippen molar-refractivity contribution < 1.29 is 4.39 Å². The van der Waals surface area contributed by atoms with Crippen LogP contribution >= 0.6 is 12.2 Å². The van der Waals surface area contributed by atoms with E-state index in [1.54, 1.807) is 12.1 Å². The average Bonchev–Trinajstić information content (AvgIpc) is 3.09. The second kappa shape index (κ2) is 7.62. The first-order chi connectivity index (χ1) is 11.6. The lowest BCUT2D eigenvalue weighted by Crippen LogP contribution is -2.30. The number of hydrogen-bond donors (Lipinski definition) is 2. The molecule has 3 rings (SSSR count). The molecule has 2 aromatic rings. The van der Waals surface area contributed by atoms with Crippen LogP contribution in [0.5, 0.6) is 0 Å². The molecule has 1 fully saturated rings. The molecule has 1 aliphatic heterocycles. The van der Waals surface area contributed by atoms with Gasteiger partial charge in [-0.1, -0.05) is 18.2 Å². The zero-order chi connectivity index (χ0) is 16.9. The quantitative estimate of drug-likeness (QED) is 0.801. The Kier molecular flexibility index (Phi) is 5.30. The van der Waals surface area contributed by atoms with Crippen molar-refractivity contribution in [3.63, 3.8) is 0 Å². The minimum Gasteiger partial charge on any atom is -0.372 e. The van der Waals surface area contributed by atoms with Crippen molar-refractivity contribution in [2.75, 3.05) is 23.3 Å².